The Morgan fingerprint density at radius 3 is 2.54 bits per heavy atom. The van der Waals surface area contributed by atoms with Crippen molar-refractivity contribution in [3.05, 3.63) is 24.8 Å². The number of halogens is 2. The topological polar surface area (TPSA) is 57.5 Å². The highest BCUT2D eigenvalue weighted by Crippen LogP contribution is 2.28. The minimum absolute atomic E-state index is 0.0528. The Bertz CT molecular complexity index is 349. The molecular formula is C8H6I2O3. The second-order valence-corrected chi connectivity index (χ2v) is 4.68. The molecule has 0 saturated carbocycles. The molecule has 0 fully saturated rings. The van der Waals surface area contributed by atoms with Gasteiger partial charge in [0.25, 0.3) is 0 Å². The molecule has 0 aliphatic rings. The van der Waals surface area contributed by atoms with Gasteiger partial charge in [-0.3, -0.25) is 4.79 Å². The van der Waals surface area contributed by atoms with Crippen LogP contribution in [-0.2, 0) is 11.2 Å². The van der Waals surface area contributed by atoms with E-state index >= 15 is 0 Å². The summed E-state index contributed by atoms with van der Waals surface area (Å²) >= 11 is 3.94. The largest absolute Gasteiger partial charge is 0.506 e. The van der Waals surface area contributed by atoms with Crippen molar-refractivity contribution < 1.29 is 15.0 Å². The molecule has 13 heavy (non-hydrogen) atoms. The van der Waals surface area contributed by atoms with E-state index in [9.17, 15) is 9.90 Å². The van der Waals surface area contributed by atoms with Crippen LogP contribution in [0.3, 0.4) is 0 Å². The number of aromatic hydroxyl groups is 1. The van der Waals surface area contributed by atoms with Crippen molar-refractivity contribution >= 4 is 51.2 Å². The van der Waals surface area contributed by atoms with E-state index in [1.54, 1.807) is 12.1 Å². The van der Waals surface area contributed by atoms with Gasteiger partial charge in [0.2, 0.25) is 0 Å². The summed E-state index contributed by atoms with van der Waals surface area (Å²) in [5, 5.41) is 18.1. The van der Waals surface area contributed by atoms with Gasteiger partial charge >= 0.3 is 5.97 Å². The van der Waals surface area contributed by atoms with Crippen LogP contribution in [0.5, 0.6) is 5.75 Å². The number of hydrogen-bond donors (Lipinski definition) is 2. The van der Waals surface area contributed by atoms with Crippen molar-refractivity contribution in [2.75, 3.05) is 0 Å². The molecule has 0 atom stereocenters. The van der Waals surface area contributed by atoms with E-state index in [-0.39, 0.29) is 12.2 Å². The average molecular weight is 404 g/mol. The fourth-order valence-electron chi connectivity index (χ4n) is 0.882. The zero-order valence-electron chi connectivity index (χ0n) is 6.42. The van der Waals surface area contributed by atoms with E-state index in [1.165, 1.54) is 0 Å². The molecule has 0 amide bonds. The number of carboxylic acids is 1. The van der Waals surface area contributed by atoms with Crippen LogP contribution in [0.25, 0.3) is 0 Å². The first-order chi connectivity index (χ1) is 6.02. The van der Waals surface area contributed by atoms with Crippen molar-refractivity contribution in [2.24, 2.45) is 0 Å². The minimum Gasteiger partial charge on any atom is -0.506 e. The Morgan fingerprint density at radius 1 is 1.38 bits per heavy atom. The predicted molar refractivity (Wildman–Crippen MR) is 64.9 cm³/mol. The molecule has 0 radical (unpaired) electrons. The summed E-state index contributed by atoms with van der Waals surface area (Å²) in [5.74, 6) is -0.724. The lowest BCUT2D eigenvalue weighted by atomic mass is 10.1. The van der Waals surface area contributed by atoms with Crippen molar-refractivity contribution in [1.29, 1.82) is 0 Å². The highest BCUT2D eigenvalue weighted by atomic mass is 127. The quantitative estimate of drug-likeness (QED) is 0.744. The van der Waals surface area contributed by atoms with Gasteiger partial charge in [0.1, 0.15) is 5.75 Å². The number of carbonyl (C=O) groups is 1. The fraction of sp³-hybridized carbons (Fsp3) is 0.125. The smallest absolute Gasteiger partial charge is 0.307 e. The molecule has 5 heteroatoms. The number of rotatable bonds is 2. The summed E-state index contributed by atoms with van der Waals surface area (Å²) in [6.45, 7) is 0. The monoisotopic (exact) mass is 404 g/mol. The number of benzene rings is 1. The summed E-state index contributed by atoms with van der Waals surface area (Å²) in [7, 11) is 0. The van der Waals surface area contributed by atoms with Gasteiger partial charge in [-0.05, 0) is 56.8 Å². The third-order valence-electron chi connectivity index (χ3n) is 1.49. The first-order valence-corrected chi connectivity index (χ1v) is 5.55. The van der Waals surface area contributed by atoms with Gasteiger partial charge in [-0.2, -0.15) is 0 Å². The van der Waals surface area contributed by atoms with Gasteiger partial charge in [0.05, 0.1) is 13.6 Å². The van der Waals surface area contributed by atoms with Gasteiger partial charge < -0.3 is 10.2 Å². The first-order valence-electron chi connectivity index (χ1n) is 3.40. The second kappa shape index (κ2) is 4.45. The zero-order valence-corrected chi connectivity index (χ0v) is 10.7. The van der Waals surface area contributed by atoms with Crippen LogP contribution in [0, 0.1) is 7.14 Å². The summed E-state index contributed by atoms with van der Waals surface area (Å²) in [4.78, 5) is 10.4. The van der Waals surface area contributed by atoms with Gasteiger partial charge in [0, 0.05) is 0 Å². The molecular weight excluding hydrogens is 398 g/mol. The summed E-state index contributed by atoms with van der Waals surface area (Å²) in [6, 6.07) is 3.42. The van der Waals surface area contributed by atoms with Crippen LogP contribution in [0.2, 0.25) is 0 Å². The maximum absolute atomic E-state index is 10.4. The third-order valence-corrected chi connectivity index (χ3v) is 3.56. The van der Waals surface area contributed by atoms with E-state index < -0.39 is 5.97 Å². The Kier molecular flexibility index (Phi) is 3.77. The summed E-state index contributed by atoms with van der Waals surface area (Å²) in [5.41, 5.74) is 0.644. The number of carboxylic acid groups (broad SMARTS) is 1. The Balaban J connectivity index is 3.10. The Hall–Kier alpha value is -0.0500. The Labute approximate surface area is 102 Å². The lowest BCUT2D eigenvalue weighted by Crippen LogP contribution is -2.02. The number of phenolic OH excluding ortho intramolecular Hbond substituents is 1. The highest BCUT2D eigenvalue weighted by molar-refractivity contribution is 14.1. The third kappa shape index (κ3) is 2.70. The van der Waals surface area contributed by atoms with Gasteiger partial charge in [-0.25, -0.2) is 0 Å². The number of aliphatic carboxylic acids is 1. The lowest BCUT2D eigenvalue weighted by Gasteiger charge is -2.05. The molecule has 0 aromatic heterocycles. The van der Waals surface area contributed by atoms with Gasteiger partial charge in [-0.1, -0.05) is 6.07 Å². The first kappa shape index (κ1) is 11.0. The van der Waals surface area contributed by atoms with E-state index in [0.717, 1.165) is 3.57 Å². The van der Waals surface area contributed by atoms with Crippen LogP contribution in [0.1, 0.15) is 5.56 Å². The molecule has 70 valence electrons. The van der Waals surface area contributed by atoms with E-state index in [0.29, 0.717) is 9.13 Å². The maximum atomic E-state index is 10.4. The molecule has 1 aromatic carbocycles. The highest BCUT2D eigenvalue weighted by Gasteiger charge is 2.10. The fourth-order valence-corrected chi connectivity index (χ4v) is 2.51. The Morgan fingerprint density at radius 2 is 2.00 bits per heavy atom. The van der Waals surface area contributed by atoms with Crippen molar-refractivity contribution in [2.45, 2.75) is 6.42 Å². The molecule has 1 aromatic rings. The molecule has 0 aliphatic heterocycles. The van der Waals surface area contributed by atoms with Crippen LogP contribution in [-0.4, -0.2) is 16.2 Å². The van der Waals surface area contributed by atoms with Gasteiger partial charge in [-0.15, -0.1) is 0 Å². The van der Waals surface area contributed by atoms with E-state index in [1.807, 2.05) is 45.2 Å². The van der Waals surface area contributed by atoms with Crippen molar-refractivity contribution in [1.82, 2.24) is 0 Å². The molecule has 3 nitrogen and oxygen atoms in total. The number of hydrogen-bond acceptors (Lipinski definition) is 2. The van der Waals surface area contributed by atoms with Crippen LogP contribution < -0.4 is 0 Å². The van der Waals surface area contributed by atoms with E-state index in [2.05, 4.69) is 0 Å². The molecule has 2 N–H and O–H groups in total. The molecule has 1 rings (SSSR count). The molecule has 0 bridgehead atoms. The molecule has 0 unspecified atom stereocenters. The van der Waals surface area contributed by atoms with Crippen LogP contribution in [0.4, 0.5) is 0 Å². The van der Waals surface area contributed by atoms with Gasteiger partial charge in [0.15, 0.2) is 0 Å². The summed E-state index contributed by atoms with van der Waals surface area (Å²) < 4.78 is 1.35. The van der Waals surface area contributed by atoms with Crippen LogP contribution >= 0.6 is 45.2 Å². The van der Waals surface area contributed by atoms with Crippen LogP contribution in [0.15, 0.2) is 12.1 Å². The molecule has 0 saturated heterocycles. The standard InChI is InChI=1S/C8H6I2O3/c9-5-2-1-4(3-6(11)12)7(10)8(5)13/h1-2,13H,3H2,(H,11,12). The second-order valence-electron chi connectivity index (χ2n) is 2.44. The normalized spacial score (nSPS) is 10.0. The molecule has 0 heterocycles. The summed E-state index contributed by atoms with van der Waals surface area (Å²) in [6.07, 6.45) is -0.0528. The average Bonchev–Trinajstić information content (AvgIpc) is 2.06. The SMILES string of the molecule is O=C(O)Cc1ccc(I)c(O)c1I. The van der Waals surface area contributed by atoms with Crippen molar-refractivity contribution in [3.63, 3.8) is 0 Å². The zero-order chi connectivity index (χ0) is 10.0. The lowest BCUT2D eigenvalue weighted by molar-refractivity contribution is -0.136. The van der Waals surface area contributed by atoms with Crippen molar-refractivity contribution in [3.8, 4) is 5.75 Å². The van der Waals surface area contributed by atoms with E-state index in [4.69, 9.17) is 5.11 Å². The predicted octanol–water partition coefficient (Wildman–Crippen LogP) is 2.23. The molecule has 0 spiro atoms. The maximum Gasteiger partial charge on any atom is 0.307 e. The number of phenols is 1. The molecule has 0 aliphatic carbocycles. The minimum atomic E-state index is -0.890.